The molecule has 2 aromatic heterocycles. The molecule has 1 aliphatic rings. The summed E-state index contributed by atoms with van der Waals surface area (Å²) in [5.74, 6) is 0.187. The van der Waals surface area contributed by atoms with Gasteiger partial charge in [0.25, 0.3) is 0 Å². The van der Waals surface area contributed by atoms with Gasteiger partial charge in [0.2, 0.25) is 15.9 Å². The van der Waals surface area contributed by atoms with Gasteiger partial charge >= 0.3 is 0 Å². The number of amides is 1. The van der Waals surface area contributed by atoms with Gasteiger partial charge in [-0.25, -0.2) is 13.4 Å². The van der Waals surface area contributed by atoms with Crippen LogP contribution in [0.4, 0.5) is 5.69 Å². The number of rotatable bonds is 7. The Morgan fingerprint density at radius 2 is 1.76 bits per heavy atom. The minimum atomic E-state index is -3.40. The predicted molar refractivity (Wildman–Crippen MR) is 136 cm³/mol. The number of sulfonamides is 1. The Kier molecular flexibility index (Phi) is 7.16. The minimum absolute atomic E-state index is 0.0920. The molecule has 0 bridgehead atoms. The molecule has 1 aliphatic heterocycles. The SMILES string of the molecule is CCCS(=O)(=O)N(C)c1ccc2nc(-c3ccc(Cl)cc3)c(CN3CCN(C(C)=O)CC3)n2c1. The second-order valence-corrected chi connectivity index (χ2v) is 11.2. The number of piperazine rings is 1. The van der Waals surface area contributed by atoms with E-state index in [2.05, 4.69) is 4.90 Å². The molecule has 0 N–H and O–H groups in total. The highest BCUT2D eigenvalue weighted by atomic mass is 35.5. The van der Waals surface area contributed by atoms with Gasteiger partial charge in [0.15, 0.2) is 0 Å². The third kappa shape index (κ3) is 5.06. The largest absolute Gasteiger partial charge is 0.340 e. The number of anilines is 1. The topological polar surface area (TPSA) is 78.2 Å². The van der Waals surface area contributed by atoms with Gasteiger partial charge in [-0.1, -0.05) is 30.7 Å². The number of aromatic nitrogens is 2. The summed E-state index contributed by atoms with van der Waals surface area (Å²) in [6.07, 6.45) is 2.40. The number of benzene rings is 1. The van der Waals surface area contributed by atoms with Crippen molar-refractivity contribution in [2.75, 3.05) is 43.3 Å². The first-order valence-electron chi connectivity index (χ1n) is 11.4. The summed E-state index contributed by atoms with van der Waals surface area (Å²) in [6.45, 7) is 6.97. The maximum absolute atomic E-state index is 12.7. The van der Waals surface area contributed by atoms with Crippen LogP contribution in [0.15, 0.2) is 42.6 Å². The zero-order valence-corrected chi connectivity index (χ0v) is 21.3. The number of pyridine rings is 1. The van der Waals surface area contributed by atoms with Crippen LogP contribution in [0.25, 0.3) is 16.9 Å². The molecule has 0 unspecified atom stereocenters. The average Bonchev–Trinajstić information content (AvgIpc) is 3.17. The molecule has 0 atom stereocenters. The summed E-state index contributed by atoms with van der Waals surface area (Å²) in [6, 6.07) is 11.2. The Hall–Kier alpha value is -2.62. The molecule has 0 spiro atoms. The monoisotopic (exact) mass is 503 g/mol. The van der Waals surface area contributed by atoms with Crippen molar-refractivity contribution in [2.24, 2.45) is 0 Å². The Morgan fingerprint density at radius 3 is 2.38 bits per heavy atom. The Bertz CT molecular complexity index is 1280. The van der Waals surface area contributed by atoms with E-state index in [1.54, 1.807) is 20.0 Å². The lowest BCUT2D eigenvalue weighted by Crippen LogP contribution is -2.47. The van der Waals surface area contributed by atoms with Crippen LogP contribution in [0, 0.1) is 0 Å². The summed E-state index contributed by atoms with van der Waals surface area (Å²) < 4.78 is 28.6. The van der Waals surface area contributed by atoms with Gasteiger partial charge in [0.05, 0.1) is 22.8 Å². The highest BCUT2D eigenvalue weighted by Gasteiger charge is 2.24. The number of halogens is 1. The van der Waals surface area contributed by atoms with Crippen LogP contribution in [0.5, 0.6) is 0 Å². The summed E-state index contributed by atoms with van der Waals surface area (Å²) in [4.78, 5) is 20.8. The van der Waals surface area contributed by atoms with Crippen LogP contribution in [-0.2, 0) is 21.4 Å². The molecule has 182 valence electrons. The van der Waals surface area contributed by atoms with Gasteiger partial charge in [-0.3, -0.25) is 18.4 Å². The molecule has 0 radical (unpaired) electrons. The molecule has 10 heteroatoms. The number of carbonyl (C=O) groups excluding carboxylic acids is 1. The summed E-state index contributed by atoms with van der Waals surface area (Å²) in [5.41, 5.74) is 4.08. The van der Waals surface area contributed by atoms with Crippen LogP contribution >= 0.6 is 11.6 Å². The van der Waals surface area contributed by atoms with E-state index in [1.165, 1.54) is 4.31 Å². The van der Waals surface area contributed by atoms with Crippen molar-refractivity contribution in [3.05, 3.63) is 53.3 Å². The van der Waals surface area contributed by atoms with E-state index < -0.39 is 10.0 Å². The maximum Gasteiger partial charge on any atom is 0.234 e. The molecule has 8 nitrogen and oxygen atoms in total. The first-order chi connectivity index (χ1) is 16.2. The van der Waals surface area contributed by atoms with E-state index >= 15 is 0 Å². The minimum Gasteiger partial charge on any atom is -0.340 e. The zero-order valence-electron chi connectivity index (χ0n) is 19.7. The molecule has 1 amide bonds. The fourth-order valence-corrected chi connectivity index (χ4v) is 5.59. The zero-order chi connectivity index (χ0) is 24.5. The fraction of sp³-hybridized carbons (Fsp3) is 0.417. The second-order valence-electron chi connectivity index (χ2n) is 8.60. The van der Waals surface area contributed by atoms with Gasteiger partial charge in [-0.2, -0.15) is 0 Å². The lowest BCUT2D eigenvalue weighted by Gasteiger charge is -2.34. The lowest BCUT2D eigenvalue weighted by molar-refractivity contribution is -0.130. The van der Waals surface area contributed by atoms with Crippen molar-refractivity contribution in [1.29, 1.82) is 0 Å². The summed E-state index contributed by atoms with van der Waals surface area (Å²) >= 11 is 6.11. The predicted octanol–water partition coefficient (Wildman–Crippen LogP) is 3.49. The summed E-state index contributed by atoms with van der Waals surface area (Å²) in [7, 11) is -1.81. The third-order valence-corrected chi connectivity index (χ3v) is 8.47. The van der Waals surface area contributed by atoms with Gasteiger partial charge in [-0.15, -0.1) is 0 Å². The fourth-order valence-electron chi connectivity index (χ4n) is 4.25. The molecule has 1 fully saturated rings. The van der Waals surface area contributed by atoms with Crippen molar-refractivity contribution in [1.82, 2.24) is 19.2 Å². The molecule has 3 heterocycles. The van der Waals surface area contributed by atoms with E-state index in [0.717, 1.165) is 35.7 Å². The van der Waals surface area contributed by atoms with E-state index in [-0.39, 0.29) is 11.7 Å². The van der Waals surface area contributed by atoms with Gasteiger partial charge in [-0.05, 0) is 30.7 Å². The molecular weight excluding hydrogens is 474 g/mol. The van der Waals surface area contributed by atoms with Crippen LogP contribution in [0.1, 0.15) is 26.0 Å². The van der Waals surface area contributed by atoms with Crippen molar-refractivity contribution in [2.45, 2.75) is 26.8 Å². The van der Waals surface area contributed by atoms with Crippen LogP contribution < -0.4 is 4.31 Å². The molecule has 3 aromatic rings. The number of carbonyl (C=O) groups is 1. The molecule has 0 aliphatic carbocycles. The Morgan fingerprint density at radius 1 is 1.09 bits per heavy atom. The number of hydrogen-bond donors (Lipinski definition) is 0. The highest BCUT2D eigenvalue weighted by Crippen LogP contribution is 2.29. The van der Waals surface area contributed by atoms with Crippen LogP contribution in [0.3, 0.4) is 0 Å². The number of imidazole rings is 1. The first kappa shape index (κ1) is 24.5. The molecule has 1 aromatic carbocycles. The number of hydrogen-bond acceptors (Lipinski definition) is 5. The molecule has 0 saturated carbocycles. The van der Waals surface area contributed by atoms with Gasteiger partial charge in [0, 0.05) is 63.5 Å². The third-order valence-electron chi connectivity index (χ3n) is 6.25. The molecule has 1 saturated heterocycles. The van der Waals surface area contributed by atoms with Crippen molar-refractivity contribution >= 4 is 38.9 Å². The first-order valence-corrected chi connectivity index (χ1v) is 13.4. The molecule has 34 heavy (non-hydrogen) atoms. The van der Waals surface area contributed by atoms with Gasteiger partial charge in [0.1, 0.15) is 5.65 Å². The van der Waals surface area contributed by atoms with E-state index in [0.29, 0.717) is 36.8 Å². The lowest BCUT2D eigenvalue weighted by atomic mass is 10.1. The van der Waals surface area contributed by atoms with Crippen molar-refractivity contribution < 1.29 is 13.2 Å². The molecular formula is C24H30ClN5O3S. The van der Waals surface area contributed by atoms with Crippen molar-refractivity contribution in [3.8, 4) is 11.3 Å². The van der Waals surface area contributed by atoms with Gasteiger partial charge < -0.3 is 4.90 Å². The normalized spacial score (nSPS) is 15.1. The highest BCUT2D eigenvalue weighted by molar-refractivity contribution is 7.92. The number of fused-ring (bicyclic) bond motifs is 1. The maximum atomic E-state index is 12.7. The van der Waals surface area contributed by atoms with Crippen LogP contribution in [-0.4, -0.2) is 72.5 Å². The van der Waals surface area contributed by atoms with E-state index in [9.17, 15) is 13.2 Å². The van der Waals surface area contributed by atoms with Crippen molar-refractivity contribution in [3.63, 3.8) is 0 Å². The number of nitrogens with zero attached hydrogens (tertiary/aromatic N) is 5. The second kappa shape index (κ2) is 9.93. The quantitative estimate of drug-likeness (QED) is 0.493. The standard InChI is InChI=1S/C24H30ClN5O3S/c1-4-15-34(32,33)27(3)21-9-10-23-26-24(19-5-7-20(25)8-6-19)22(30(23)16-21)17-28-11-13-29(14-12-28)18(2)31/h5-10,16H,4,11-15,17H2,1-3H3. The van der Waals surface area contributed by atoms with E-state index in [4.69, 9.17) is 16.6 Å². The average molecular weight is 504 g/mol. The molecule has 4 rings (SSSR count). The Balaban J connectivity index is 1.75. The Labute approximate surface area is 205 Å². The van der Waals surface area contributed by atoms with Crippen LogP contribution in [0.2, 0.25) is 5.02 Å². The van der Waals surface area contributed by atoms with E-state index in [1.807, 2.05) is 52.8 Å². The summed E-state index contributed by atoms with van der Waals surface area (Å²) in [5, 5.41) is 0.652. The smallest absolute Gasteiger partial charge is 0.234 e.